The number of nitrogens with one attached hydrogen (secondary N) is 2. The first-order valence-corrected chi connectivity index (χ1v) is 10.8. The number of nitrogens with zero attached hydrogens (tertiary/aromatic N) is 2. The van der Waals surface area contributed by atoms with E-state index in [1.54, 1.807) is 12.4 Å². The van der Waals surface area contributed by atoms with Crippen molar-refractivity contribution in [2.45, 2.75) is 32.1 Å². The van der Waals surface area contributed by atoms with Crippen LogP contribution in [0.1, 0.15) is 43.2 Å². The van der Waals surface area contributed by atoms with Crippen LogP contribution in [0, 0.1) is 0 Å². The average molecular weight is 522 g/mol. The van der Waals surface area contributed by atoms with Gasteiger partial charge in [0, 0.05) is 21.8 Å². The summed E-state index contributed by atoms with van der Waals surface area (Å²) < 4.78 is 1.98. The molecule has 0 radical (unpaired) electrons. The Morgan fingerprint density at radius 3 is 1.45 bits per heavy atom. The molecule has 0 aliphatic rings. The Bertz CT molecular complexity index is 778. The lowest BCUT2D eigenvalue weighted by Gasteiger charge is -2.01. The maximum atomic E-state index is 11.7. The van der Waals surface area contributed by atoms with Crippen LogP contribution in [-0.2, 0) is 9.59 Å². The number of hydrogen-bond acceptors (Lipinski definition) is 4. The van der Waals surface area contributed by atoms with Crippen molar-refractivity contribution in [3.05, 3.63) is 68.6 Å². The van der Waals surface area contributed by atoms with Crippen LogP contribution >= 0.6 is 31.9 Å². The van der Waals surface area contributed by atoms with Gasteiger partial charge >= 0.3 is 0 Å². The van der Waals surface area contributed by atoms with E-state index in [9.17, 15) is 9.59 Å². The molecule has 0 fully saturated rings. The molecule has 2 rings (SSSR count). The Morgan fingerprint density at radius 1 is 0.690 bits per heavy atom. The molecule has 6 nitrogen and oxygen atoms in total. The SMILES string of the molecule is O=C(CCCCCC(=O)NN=Cc1ccc(Br)cc1)NN=Cc1ccc(Br)cc1. The van der Waals surface area contributed by atoms with E-state index in [2.05, 4.69) is 52.9 Å². The minimum Gasteiger partial charge on any atom is -0.273 e. The number of carbonyl (C=O) groups is 2. The molecule has 0 saturated heterocycles. The van der Waals surface area contributed by atoms with Crippen molar-refractivity contribution >= 4 is 56.1 Å². The lowest BCUT2D eigenvalue weighted by Crippen LogP contribution is -2.18. The van der Waals surface area contributed by atoms with Crippen LogP contribution in [0.3, 0.4) is 0 Å². The van der Waals surface area contributed by atoms with Crippen molar-refractivity contribution in [1.82, 2.24) is 10.9 Å². The van der Waals surface area contributed by atoms with Crippen LogP contribution in [0.15, 0.2) is 67.7 Å². The van der Waals surface area contributed by atoms with Crippen molar-refractivity contribution in [3.8, 4) is 0 Å². The molecule has 2 amide bonds. The topological polar surface area (TPSA) is 82.9 Å². The summed E-state index contributed by atoms with van der Waals surface area (Å²) in [6.45, 7) is 0. The van der Waals surface area contributed by atoms with Gasteiger partial charge < -0.3 is 0 Å². The van der Waals surface area contributed by atoms with E-state index in [0.29, 0.717) is 25.7 Å². The lowest BCUT2D eigenvalue weighted by molar-refractivity contribution is -0.121. The number of halogens is 2. The van der Waals surface area contributed by atoms with Gasteiger partial charge in [-0.3, -0.25) is 9.59 Å². The maximum absolute atomic E-state index is 11.7. The van der Waals surface area contributed by atoms with Crippen LogP contribution in [-0.4, -0.2) is 24.2 Å². The smallest absolute Gasteiger partial charge is 0.240 e. The van der Waals surface area contributed by atoms with Crippen molar-refractivity contribution < 1.29 is 9.59 Å². The van der Waals surface area contributed by atoms with Gasteiger partial charge in [0.25, 0.3) is 0 Å². The summed E-state index contributed by atoms with van der Waals surface area (Å²) in [5.74, 6) is -0.274. The van der Waals surface area contributed by atoms with Crippen LogP contribution in [0.2, 0.25) is 0 Å². The quantitative estimate of drug-likeness (QED) is 0.268. The molecule has 0 bridgehead atoms. The third-order valence-corrected chi connectivity index (χ3v) is 4.91. The average Bonchev–Trinajstić information content (AvgIpc) is 2.71. The highest BCUT2D eigenvalue weighted by molar-refractivity contribution is 9.10. The van der Waals surface area contributed by atoms with E-state index >= 15 is 0 Å². The summed E-state index contributed by atoms with van der Waals surface area (Å²) in [5, 5.41) is 7.88. The molecule has 0 heterocycles. The van der Waals surface area contributed by atoms with Gasteiger partial charge in [0.1, 0.15) is 0 Å². The molecule has 0 atom stereocenters. The zero-order valence-corrected chi connectivity index (χ0v) is 18.9. The third-order valence-electron chi connectivity index (χ3n) is 3.85. The Hall–Kier alpha value is -2.32. The Kier molecular flexibility index (Phi) is 10.3. The Labute approximate surface area is 187 Å². The Morgan fingerprint density at radius 2 is 1.07 bits per heavy atom. The molecule has 2 aromatic carbocycles. The lowest BCUT2D eigenvalue weighted by atomic mass is 10.1. The first kappa shape index (κ1) is 23.0. The molecule has 0 aliphatic carbocycles. The minimum atomic E-state index is -0.137. The van der Waals surface area contributed by atoms with Gasteiger partial charge in [-0.1, -0.05) is 62.5 Å². The molecule has 0 spiro atoms. The highest BCUT2D eigenvalue weighted by Gasteiger charge is 2.02. The standard InChI is InChI=1S/C21H22Br2N4O2/c22-18-10-6-16(7-11-18)14-24-26-20(28)4-2-1-3-5-21(29)27-25-15-17-8-12-19(23)13-9-17/h6-15H,1-5H2,(H,26,28)(H,27,29). The summed E-state index contributed by atoms with van der Waals surface area (Å²) in [7, 11) is 0. The van der Waals surface area contributed by atoms with E-state index in [4.69, 9.17) is 0 Å². The second-order valence-corrected chi connectivity index (χ2v) is 8.08. The molecule has 0 unspecified atom stereocenters. The van der Waals surface area contributed by atoms with E-state index in [-0.39, 0.29) is 11.8 Å². The summed E-state index contributed by atoms with van der Waals surface area (Å²) >= 11 is 6.73. The predicted octanol–water partition coefficient (Wildman–Crippen LogP) is 4.76. The van der Waals surface area contributed by atoms with Crippen LogP contribution in [0.25, 0.3) is 0 Å². The van der Waals surface area contributed by atoms with Gasteiger partial charge in [0.05, 0.1) is 12.4 Å². The minimum absolute atomic E-state index is 0.137. The zero-order valence-electron chi connectivity index (χ0n) is 15.8. The van der Waals surface area contributed by atoms with Crippen molar-refractivity contribution in [2.75, 3.05) is 0 Å². The van der Waals surface area contributed by atoms with Gasteiger partial charge in [0.2, 0.25) is 11.8 Å². The second kappa shape index (κ2) is 13.0. The number of rotatable bonds is 10. The van der Waals surface area contributed by atoms with Crippen LogP contribution in [0.4, 0.5) is 0 Å². The summed E-state index contributed by atoms with van der Waals surface area (Å²) in [5.41, 5.74) is 6.83. The van der Waals surface area contributed by atoms with E-state index in [1.807, 2.05) is 48.5 Å². The first-order valence-electron chi connectivity index (χ1n) is 9.18. The van der Waals surface area contributed by atoms with E-state index in [1.165, 1.54) is 0 Å². The fraction of sp³-hybridized carbons (Fsp3) is 0.238. The molecule has 8 heteroatoms. The van der Waals surface area contributed by atoms with Crippen molar-refractivity contribution in [1.29, 1.82) is 0 Å². The van der Waals surface area contributed by atoms with Crippen LogP contribution in [0.5, 0.6) is 0 Å². The number of benzene rings is 2. The van der Waals surface area contributed by atoms with Gasteiger partial charge in [-0.25, -0.2) is 10.9 Å². The van der Waals surface area contributed by atoms with E-state index in [0.717, 1.165) is 26.5 Å². The monoisotopic (exact) mass is 520 g/mol. The normalized spacial score (nSPS) is 11.1. The highest BCUT2D eigenvalue weighted by atomic mass is 79.9. The number of hydrogen-bond donors (Lipinski definition) is 2. The fourth-order valence-corrected chi connectivity index (χ4v) is 2.84. The summed E-state index contributed by atoms with van der Waals surface area (Å²) in [4.78, 5) is 23.5. The molecule has 0 aliphatic heterocycles. The van der Waals surface area contributed by atoms with Gasteiger partial charge in [-0.15, -0.1) is 0 Å². The van der Waals surface area contributed by atoms with Crippen molar-refractivity contribution in [2.24, 2.45) is 10.2 Å². The third kappa shape index (κ3) is 10.1. The van der Waals surface area contributed by atoms with Gasteiger partial charge in [-0.2, -0.15) is 10.2 Å². The molecule has 152 valence electrons. The first-order chi connectivity index (χ1) is 14.0. The van der Waals surface area contributed by atoms with E-state index < -0.39 is 0 Å². The molecule has 0 aromatic heterocycles. The number of amides is 2. The Balaban J connectivity index is 1.53. The zero-order chi connectivity index (χ0) is 20.9. The fourth-order valence-electron chi connectivity index (χ4n) is 2.32. The molecular weight excluding hydrogens is 500 g/mol. The van der Waals surface area contributed by atoms with Crippen molar-refractivity contribution in [3.63, 3.8) is 0 Å². The molecule has 2 N–H and O–H groups in total. The number of hydrazone groups is 2. The largest absolute Gasteiger partial charge is 0.273 e. The van der Waals surface area contributed by atoms with Crippen LogP contribution < -0.4 is 10.9 Å². The van der Waals surface area contributed by atoms with Gasteiger partial charge in [-0.05, 0) is 48.2 Å². The van der Waals surface area contributed by atoms with Gasteiger partial charge in [0.15, 0.2) is 0 Å². The molecule has 29 heavy (non-hydrogen) atoms. The predicted molar refractivity (Wildman–Crippen MR) is 123 cm³/mol. The molecule has 2 aromatic rings. The second-order valence-electron chi connectivity index (χ2n) is 6.25. The highest BCUT2D eigenvalue weighted by Crippen LogP contribution is 2.10. The number of carbonyl (C=O) groups excluding carboxylic acids is 2. The molecular formula is C21H22Br2N4O2. The number of unbranched alkanes of at least 4 members (excludes halogenated alkanes) is 2. The summed E-state index contributed by atoms with van der Waals surface area (Å²) in [6, 6.07) is 15.2. The maximum Gasteiger partial charge on any atom is 0.240 e. The molecule has 0 saturated carbocycles. The summed E-state index contributed by atoms with van der Waals surface area (Å²) in [6.07, 6.45) is 6.15.